The fourth-order valence-electron chi connectivity index (χ4n) is 2.89. The molecule has 1 rings (SSSR count). The summed E-state index contributed by atoms with van der Waals surface area (Å²) in [6.07, 6.45) is 12.3. The molecule has 2 nitrogen and oxygen atoms in total. The Hall–Kier alpha value is -0.0800. The van der Waals surface area contributed by atoms with Crippen molar-refractivity contribution in [3.63, 3.8) is 0 Å². The maximum atomic E-state index is 5.85. The molecular weight excluding hydrogens is 234 g/mol. The first-order valence-electron chi connectivity index (χ1n) is 8.57. The Morgan fingerprint density at radius 1 is 1.16 bits per heavy atom. The lowest BCUT2D eigenvalue weighted by Crippen LogP contribution is -2.31. The van der Waals surface area contributed by atoms with Crippen LogP contribution in [0.15, 0.2) is 0 Å². The molecule has 0 aromatic heterocycles. The lowest BCUT2D eigenvalue weighted by molar-refractivity contribution is 0.00839. The third-order valence-electron chi connectivity index (χ3n) is 4.13. The molecule has 1 N–H and O–H groups in total. The molecule has 0 amide bonds. The molecule has 0 aromatic carbocycles. The van der Waals surface area contributed by atoms with Gasteiger partial charge in [-0.2, -0.15) is 0 Å². The maximum absolute atomic E-state index is 5.85. The zero-order valence-electron chi connectivity index (χ0n) is 13.4. The first-order chi connectivity index (χ1) is 9.22. The largest absolute Gasteiger partial charge is 0.378 e. The molecule has 1 heterocycles. The Labute approximate surface area is 120 Å². The van der Waals surface area contributed by atoms with E-state index in [1.54, 1.807) is 0 Å². The molecule has 0 spiro atoms. The molecule has 0 aromatic rings. The summed E-state index contributed by atoms with van der Waals surface area (Å²) >= 11 is 0. The van der Waals surface area contributed by atoms with E-state index >= 15 is 0 Å². The Kier molecular flexibility index (Phi) is 9.54. The molecule has 0 bridgehead atoms. The fraction of sp³-hybridized carbons (Fsp3) is 1.00. The van der Waals surface area contributed by atoms with E-state index in [9.17, 15) is 0 Å². The van der Waals surface area contributed by atoms with Crippen LogP contribution in [0.1, 0.15) is 78.6 Å². The number of ether oxygens (including phenoxy) is 1. The predicted molar refractivity (Wildman–Crippen MR) is 83.6 cm³/mol. The first kappa shape index (κ1) is 17.0. The molecule has 0 saturated carbocycles. The van der Waals surface area contributed by atoms with Crippen LogP contribution in [0.3, 0.4) is 0 Å². The standard InChI is InChI=1S/C17H35NO/c1-4-13-18-16(9-7-8-15(2)3)11-12-17-10-5-6-14-19-17/h15-18H,4-14H2,1-3H3. The van der Waals surface area contributed by atoms with E-state index in [2.05, 4.69) is 26.1 Å². The third kappa shape index (κ3) is 8.65. The summed E-state index contributed by atoms with van der Waals surface area (Å²) in [5.74, 6) is 0.841. The fourth-order valence-corrected chi connectivity index (χ4v) is 2.89. The highest BCUT2D eigenvalue weighted by atomic mass is 16.5. The highest BCUT2D eigenvalue weighted by Gasteiger charge is 2.16. The smallest absolute Gasteiger partial charge is 0.0575 e. The second-order valence-corrected chi connectivity index (χ2v) is 6.54. The Morgan fingerprint density at radius 2 is 2.00 bits per heavy atom. The van der Waals surface area contributed by atoms with Crippen molar-refractivity contribution < 1.29 is 4.74 Å². The third-order valence-corrected chi connectivity index (χ3v) is 4.13. The molecule has 0 radical (unpaired) electrons. The van der Waals surface area contributed by atoms with Crippen molar-refractivity contribution in [3.8, 4) is 0 Å². The maximum Gasteiger partial charge on any atom is 0.0575 e. The van der Waals surface area contributed by atoms with Gasteiger partial charge in [0.25, 0.3) is 0 Å². The van der Waals surface area contributed by atoms with Crippen LogP contribution in [-0.4, -0.2) is 25.3 Å². The number of hydrogen-bond donors (Lipinski definition) is 1. The summed E-state index contributed by atoms with van der Waals surface area (Å²) in [7, 11) is 0. The highest BCUT2D eigenvalue weighted by Crippen LogP contribution is 2.19. The van der Waals surface area contributed by atoms with E-state index in [0.717, 1.165) is 19.1 Å². The molecule has 1 aliphatic heterocycles. The molecule has 2 unspecified atom stereocenters. The minimum atomic E-state index is 0.546. The van der Waals surface area contributed by atoms with E-state index in [1.807, 2.05) is 0 Å². The van der Waals surface area contributed by atoms with Crippen LogP contribution in [0.4, 0.5) is 0 Å². The van der Waals surface area contributed by atoms with Crippen LogP contribution in [-0.2, 0) is 4.74 Å². The molecule has 1 fully saturated rings. The van der Waals surface area contributed by atoms with Gasteiger partial charge >= 0.3 is 0 Å². The van der Waals surface area contributed by atoms with Crippen LogP contribution >= 0.6 is 0 Å². The van der Waals surface area contributed by atoms with Gasteiger partial charge in [0, 0.05) is 12.6 Å². The Bertz CT molecular complexity index is 199. The van der Waals surface area contributed by atoms with Crippen molar-refractivity contribution in [1.29, 1.82) is 0 Å². The van der Waals surface area contributed by atoms with Crippen molar-refractivity contribution in [2.45, 2.75) is 90.7 Å². The van der Waals surface area contributed by atoms with Crippen molar-refractivity contribution >= 4 is 0 Å². The van der Waals surface area contributed by atoms with Gasteiger partial charge < -0.3 is 10.1 Å². The second kappa shape index (κ2) is 10.7. The molecule has 1 aliphatic rings. The zero-order chi connectivity index (χ0) is 13.9. The van der Waals surface area contributed by atoms with Gasteiger partial charge in [-0.05, 0) is 57.4 Å². The average Bonchev–Trinajstić information content (AvgIpc) is 2.42. The van der Waals surface area contributed by atoms with Crippen molar-refractivity contribution in [3.05, 3.63) is 0 Å². The second-order valence-electron chi connectivity index (χ2n) is 6.54. The van der Waals surface area contributed by atoms with Crippen molar-refractivity contribution in [2.75, 3.05) is 13.2 Å². The molecule has 114 valence electrons. The summed E-state index contributed by atoms with van der Waals surface area (Å²) in [6, 6.07) is 0.712. The summed E-state index contributed by atoms with van der Waals surface area (Å²) in [5, 5.41) is 3.73. The van der Waals surface area contributed by atoms with Gasteiger partial charge in [-0.1, -0.05) is 33.6 Å². The minimum Gasteiger partial charge on any atom is -0.378 e. The minimum absolute atomic E-state index is 0.546. The van der Waals surface area contributed by atoms with E-state index in [0.29, 0.717) is 12.1 Å². The van der Waals surface area contributed by atoms with Crippen LogP contribution in [0.25, 0.3) is 0 Å². The molecular formula is C17H35NO. The quantitative estimate of drug-likeness (QED) is 0.629. The normalized spacial score (nSPS) is 21.8. The van der Waals surface area contributed by atoms with Gasteiger partial charge in [0.1, 0.15) is 0 Å². The van der Waals surface area contributed by atoms with E-state index in [1.165, 1.54) is 57.8 Å². The van der Waals surface area contributed by atoms with Gasteiger partial charge in [-0.15, -0.1) is 0 Å². The van der Waals surface area contributed by atoms with Gasteiger partial charge in [0.15, 0.2) is 0 Å². The predicted octanol–water partition coefficient (Wildman–Crippen LogP) is 4.53. The van der Waals surface area contributed by atoms with Crippen LogP contribution in [0.5, 0.6) is 0 Å². The van der Waals surface area contributed by atoms with Gasteiger partial charge in [-0.25, -0.2) is 0 Å². The average molecular weight is 269 g/mol. The van der Waals surface area contributed by atoms with E-state index in [4.69, 9.17) is 4.74 Å². The van der Waals surface area contributed by atoms with Crippen LogP contribution in [0.2, 0.25) is 0 Å². The van der Waals surface area contributed by atoms with Gasteiger partial charge in [0.2, 0.25) is 0 Å². The highest BCUT2D eigenvalue weighted by molar-refractivity contribution is 4.72. The molecule has 1 saturated heterocycles. The zero-order valence-corrected chi connectivity index (χ0v) is 13.4. The summed E-state index contributed by atoms with van der Waals surface area (Å²) in [4.78, 5) is 0. The van der Waals surface area contributed by atoms with Crippen molar-refractivity contribution in [2.24, 2.45) is 5.92 Å². The topological polar surface area (TPSA) is 21.3 Å². The van der Waals surface area contributed by atoms with Gasteiger partial charge in [0.05, 0.1) is 6.10 Å². The summed E-state index contributed by atoms with van der Waals surface area (Å²) < 4.78 is 5.85. The number of nitrogens with one attached hydrogen (secondary N) is 1. The summed E-state index contributed by atoms with van der Waals surface area (Å²) in [6.45, 7) is 9.06. The SMILES string of the molecule is CCCNC(CCCC(C)C)CCC1CCCCO1. The van der Waals surface area contributed by atoms with Crippen LogP contribution < -0.4 is 5.32 Å². The van der Waals surface area contributed by atoms with E-state index < -0.39 is 0 Å². The van der Waals surface area contributed by atoms with Gasteiger partial charge in [-0.3, -0.25) is 0 Å². The first-order valence-corrected chi connectivity index (χ1v) is 8.57. The lowest BCUT2D eigenvalue weighted by Gasteiger charge is -2.25. The Morgan fingerprint density at radius 3 is 2.63 bits per heavy atom. The molecule has 0 aliphatic carbocycles. The molecule has 2 heteroatoms. The summed E-state index contributed by atoms with van der Waals surface area (Å²) in [5.41, 5.74) is 0. The Balaban J connectivity index is 2.18. The van der Waals surface area contributed by atoms with E-state index in [-0.39, 0.29) is 0 Å². The molecule has 2 atom stereocenters. The monoisotopic (exact) mass is 269 g/mol. The van der Waals surface area contributed by atoms with Crippen LogP contribution in [0, 0.1) is 5.92 Å². The van der Waals surface area contributed by atoms with Crippen molar-refractivity contribution in [1.82, 2.24) is 5.32 Å². The number of hydrogen-bond acceptors (Lipinski definition) is 2. The molecule has 19 heavy (non-hydrogen) atoms. The number of rotatable bonds is 10. The lowest BCUT2D eigenvalue weighted by atomic mass is 9.97.